The Hall–Kier alpha value is -2.13. The lowest BCUT2D eigenvalue weighted by Crippen LogP contribution is -2.48. The summed E-state index contributed by atoms with van der Waals surface area (Å²) < 4.78 is 0.889. The molecule has 2 aromatic carbocycles. The van der Waals surface area contributed by atoms with Crippen molar-refractivity contribution in [2.75, 3.05) is 26.7 Å². The standard InChI is InChI=1S/C23H32N2O/c1-3-4-16-23(26)24-18-11-19-25(2,22-14-9-6-10-15-22)20-17-21-12-7-5-8-13-21/h5-10,12-15H,3-4,11,16-20H2,1-2H3/p+1. The van der Waals surface area contributed by atoms with Gasteiger partial charge in [-0.2, -0.15) is 0 Å². The van der Waals surface area contributed by atoms with E-state index >= 15 is 0 Å². The van der Waals surface area contributed by atoms with Gasteiger partial charge in [-0.25, -0.2) is 0 Å². The van der Waals surface area contributed by atoms with Crippen molar-refractivity contribution < 1.29 is 4.79 Å². The maximum atomic E-state index is 11.8. The molecule has 0 saturated carbocycles. The van der Waals surface area contributed by atoms with Gasteiger partial charge < -0.3 is 5.32 Å². The van der Waals surface area contributed by atoms with Gasteiger partial charge in [-0.05, 0) is 24.1 Å². The summed E-state index contributed by atoms with van der Waals surface area (Å²) in [6.45, 7) is 4.94. The van der Waals surface area contributed by atoms with Gasteiger partial charge >= 0.3 is 0 Å². The third-order valence-corrected chi connectivity index (χ3v) is 5.02. The number of nitrogens with one attached hydrogen (secondary N) is 1. The highest BCUT2D eigenvalue weighted by Crippen LogP contribution is 2.22. The second kappa shape index (κ2) is 10.8. The molecule has 140 valence electrons. The first-order chi connectivity index (χ1) is 12.6. The van der Waals surface area contributed by atoms with Gasteiger partial charge in [0.05, 0.1) is 20.1 Å². The summed E-state index contributed by atoms with van der Waals surface area (Å²) in [7, 11) is 2.30. The molecule has 0 bridgehead atoms. The lowest BCUT2D eigenvalue weighted by Gasteiger charge is -2.34. The second-order valence-electron chi connectivity index (χ2n) is 7.22. The Morgan fingerprint density at radius 2 is 1.58 bits per heavy atom. The minimum atomic E-state index is 0.185. The molecule has 0 saturated heterocycles. The normalized spacial score (nSPS) is 13.2. The number of nitrogens with zero attached hydrogens (tertiary/aromatic N) is 1. The monoisotopic (exact) mass is 353 g/mol. The number of unbranched alkanes of at least 4 members (excludes halogenated alkanes) is 1. The van der Waals surface area contributed by atoms with Crippen LogP contribution >= 0.6 is 0 Å². The first-order valence-corrected chi connectivity index (χ1v) is 9.85. The average Bonchev–Trinajstić information content (AvgIpc) is 2.69. The van der Waals surface area contributed by atoms with Crippen LogP contribution in [0.2, 0.25) is 0 Å². The van der Waals surface area contributed by atoms with Crippen molar-refractivity contribution in [3.63, 3.8) is 0 Å². The molecule has 0 aliphatic heterocycles. The molecule has 3 heteroatoms. The Kier molecular flexibility index (Phi) is 8.36. The van der Waals surface area contributed by atoms with Crippen LogP contribution < -0.4 is 9.80 Å². The first-order valence-electron chi connectivity index (χ1n) is 9.85. The van der Waals surface area contributed by atoms with Gasteiger partial charge in [0, 0.05) is 25.8 Å². The third kappa shape index (κ3) is 6.64. The number of carbonyl (C=O) groups is 1. The highest BCUT2D eigenvalue weighted by atomic mass is 16.1. The highest BCUT2D eigenvalue weighted by molar-refractivity contribution is 5.75. The summed E-state index contributed by atoms with van der Waals surface area (Å²) in [4.78, 5) is 11.8. The fourth-order valence-corrected chi connectivity index (χ4v) is 3.26. The lowest BCUT2D eigenvalue weighted by molar-refractivity contribution is -0.121. The molecule has 1 N–H and O–H groups in total. The quantitative estimate of drug-likeness (QED) is 0.465. The van der Waals surface area contributed by atoms with Crippen molar-refractivity contribution in [3.8, 4) is 0 Å². The summed E-state index contributed by atoms with van der Waals surface area (Å²) in [5.74, 6) is 0.185. The minimum absolute atomic E-state index is 0.185. The van der Waals surface area contributed by atoms with Crippen molar-refractivity contribution >= 4 is 11.6 Å². The molecule has 3 nitrogen and oxygen atoms in total. The van der Waals surface area contributed by atoms with Crippen LogP contribution in [0.15, 0.2) is 60.7 Å². The predicted octanol–water partition coefficient (Wildman–Crippen LogP) is 4.56. The third-order valence-electron chi connectivity index (χ3n) is 5.02. The maximum Gasteiger partial charge on any atom is 0.219 e. The van der Waals surface area contributed by atoms with E-state index in [0.717, 1.165) is 49.8 Å². The molecule has 0 radical (unpaired) electrons. The van der Waals surface area contributed by atoms with E-state index in [9.17, 15) is 4.79 Å². The fourth-order valence-electron chi connectivity index (χ4n) is 3.26. The Balaban J connectivity index is 1.92. The largest absolute Gasteiger partial charge is 0.356 e. The second-order valence-corrected chi connectivity index (χ2v) is 7.22. The van der Waals surface area contributed by atoms with Gasteiger partial charge in [-0.15, -0.1) is 0 Å². The zero-order chi connectivity index (χ0) is 18.7. The molecule has 0 fully saturated rings. The molecule has 26 heavy (non-hydrogen) atoms. The number of rotatable bonds is 11. The molecule has 2 aromatic rings. The van der Waals surface area contributed by atoms with Gasteiger partial charge in [0.25, 0.3) is 0 Å². The van der Waals surface area contributed by atoms with Crippen LogP contribution in [-0.4, -0.2) is 32.6 Å². The van der Waals surface area contributed by atoms with E-state index in [1.54, 1.807) is 0 Å². The highest BCUT2D eigenvalue weighted by Gasteiger charge is 2.24. The van der Waals surface area contributed by atoms with Crippen molar-refractivity contribution in [1.29, 1.82) is 0 Å². The van der Waals surface area contributed by atoms with Crippen LogP contribution in [0, 0.1) is 0 Å². The van der Waals surface area contributed by atoms with Crippen LogP contribution in [0.25, 0.3) is 0 Å². The smallest absolute Gasteiger partial charge is 0.219 e. The van der Waals surface area contributed by atoms with Crippen LogP contribution in [0.1, 0.15) is 38.2 Å². The van der Waals surface area contributed by atoms with Crippen LogP contribution in [-0.2, 0) is 11.2 Å². The van der Waals surface area contributed by atoms with Crippen molar-refractivity contribution in [2.45, 2.75) is 39.0 Å². The summed E-state index contributed by atoms with van der Waals surface area (Å²) >= 11 is 0. The van der Waals surface area contributed by atoms with E-state index in [2.05, 4.69) is 80.0 Å². The molecule has 0 heterocycles. The van der Waals surface area contributed by atoms with Crippen LogP contribution in [0.3, 0.4) is 0 Å². The van der Waals surface area contributed by atoms with Crippen LogP contribution in [0.4, 0.5) is 5.69 Å². The van der Waals surface area contributed by atoms with E-state index in [1.165, 1.54) is 11.3 Å². The average molecular weight is 354 g/mol. The number of carbonyl (C=O) groups excluding carboxylic acids is 1. The van der Waals surface area contributed by atoms with Gasteiger partial charge in [-0.3, -0.25) is 9.28 Å². The molecule has 0 aliphatic carbocycles. The zero-order valence-corrected chi connectivity index (χ0v) is 16.3. The molecule has 1 amide bonds. The number of benzene rings is 2. The first kappa shape index (κ1) is 20.2. The topological polar surface area (TPSA) is 29.1 Å². The van der Waals surface area contributed by atoms with E-state index in [1.807, 2.05) is 0 Å². The maximum absolute atomic E-state index is 11.8. The SMILES string of the molecule is CCCCC(=O)NCCC[N+](C)(CCc1ccccc1)c1ccccc1. The molecule has 2 rings (SSSR count). The minimum Gasteiger partial charge on any atom is -0.356 e. The Morgan fingerprint density at radius 3 is 2.23 bits per heavy atom. The number of hydrogen-bond donors (Lipinski definition) is 1. The molecule has 0 aliphatic rings. The van der Waals surface area contributed by atoms with Crippen LogP contribution in [0.5, 0.6) is 0 Å². The fraction of sp³-hybridized carbons (Fsp3) is 0.435. The van der Waals surface area contributed by atoms with Crippen molar-refractivity contribution in [2.24, 2.45) is 0 Å². The zero-order valence-electron chi connectivity index (χ0n) is 16.3. The molecule has 0 aromatic heterocycles. The number of amides is 1. The van der Waals surface area contributed by atoms with Gasteiger partial charge in [-0.1, -0.05) is 61.9 Å². The van der Waals surface area contributed by atoms with E-state index in [0.29, 0.717) is 6.42 Å². The van der Waals surface area contributed by atoms with Gasteiger partial charge in [0.15, 0.2) is 0 Å². The molecular formula is C23H33N2O+. The van der Waals surface area contributed by atoms with E-state index in [-0.39, 0.29) is 5.91 Å². The van der Waals surface area contributed by atoms with E-state index < -0.39 is 0 Å². The molecular weight excluding hydrogens is 320 g/mol. The van der Waals surface area contributed by atoms with Crippen molar-refractivity contribution in [3.05, 3.63) is 66.2 Å². The lowest BCUT2D eigenvalue weighted by atomic mass is 10.1. The molecule has 0 spiro atoms. The number of likely N-dealkylation sites (N-methyl/N-ethyl adjacent to an activating group) is 1. The Labute approximate surface area is 158 Å². The van der Waals surface area contributed by atoms with Gasteiger partial charge in [0.2, 0.25) is 5.91 Å². The number of hydrogen-bond acceptors (Lipinski definition) is 1. The van der Waals surface area contributed by atoms with Crippen molar-refractivity contribution in [1.82, 2.24) is 9.80 Å². The number of quaternary nitrogens is 1. The number of para-hydroxylation sites is 1. The summed E-state index contributed by atoms with van der Waals surface area (Å²) in [5, 5.41) is 3.07. The Morgan fingerprint density at radius 1 is 0.923 bits per heavy atom. The summed E-state index contributed by atoms with van der Waals surface area (Å²) in [6.07, 6.45) is 4.72. The van der Waals surface area contributed by atoms with Gasteiger partial charge in [0.1, 0.15) is 5.69 Å². The predicted molar refractivity (Wildman–Crippen MR) is 111 cm³/mol. The molecule has 1 atom stereocenters. The van der Waals surface area contributed by atoms with E-state index in [4.69, 9.17) is 0 Å². The molecule has 1 unspecified atom stereocenters. The summed E-state index contributed by atoms with van der Waals surface area (Å²) in [6, 6.07) is 21.4. The Bertz CT molecular complexity index is 642. The summed E-state index contributed by atoms with van der Waals surface area (Å²) in [5.41, 5.74) is 2.71.